The molecule has 1 rings (SSSR count). The van der Waals surface area contributed by atoms with Gasteiger partial charge in [0.15, 0.2) is 0 Å². The minimum Gasteiger partial charge on any atom is -0.481 e. The monoisotopic (exact) mass is 585 g/mol. The Labute approximate surface area is 146 Å². The summed E-state index contributed by atoms with van der Waals surface area (Å²) in [6.45, 7) is 0. The SMILES string of the molecule is CN(C(=O)CCC(=O)O)c1c(I)cc(I)cc1I. The second kappa shape index (κ2) is 7.22. The first-order chi connectivity index (χ1) is 8.32. The number of aliphatic carboxylic acids is 1. The number of carboxylic acid groups (broad SMARTS) is 1. The van der Waals surface area contributed by atoms with E-state index in [9.17, 15) is 9.59 Å². The van der Waals surface area contributed by atoms with Gasteiger partial charge in [0.05, 0.1) is 12.1 Å². The van der Waals surface area contributed by atoms with Crippen molar-refractivity contribution in [2.45, 2.75) is 12.8 Å². The van der Waals surface area contributed by atoms with Gasteiger partial charge in [-0.05, 0) is 79.9 Å². The topological polar surface area (TPSA) is 57.6 Å². The van der Waals surface area contributed by atoms with Gasteiger partial charge in [-0.1, -0.05) is 0 Å². The number of carboxylic acids is 1. The van der Waals surface area contributed by atoms with Crippen LogP contribution in [0, 0.1) is 10.7 Å². The van der Waals surface area contributed by atoms with Crippen molar-refractivity contribution in [3.05, 3.63) is 22.8 Å². The molecule has 4 nitrogen and oxygen atoms in total. The Balaban J connectivity index is 2.93. The van der Waals surface area contributed by atoms with E-state index in [0.29, 0.717) is 0 Å². The normalized spacial score (nSPS) is 10.2. The summed E-state index contributed by atoms with van der Waals surface area (Å²) < 4.78 is 3.07. The van der Waals surface area contributed by atoms with Gasteiger partial charge in [-0.2, -0.15) is 0 Å². The first-order valence-corrected chi connectivity index (χ1v) is 8.19. The Morgan fingerprint density at radius 2 is 1.67 bits per heavy atom. The van der Waals surface area contributed by atoms with Crippen molar-refractivity contribution in [2.24, 2.45) is 0 Å². The molecule has 0 fully saturated rings. The summed E-state index contributed by atoms with van der Waals surface area (Å²) in [5.74, 6) is -1.14. The van der Waals surface area contributed by atoms with Gasteiger partial charge in [-0.3, -0.25) is 9.59 Å². The molecule has 0 aromatic heterocycles. The Hall–Kier alpha value is 0.350. The van der Waals surface area contributed by atoms with E-state index in [2.05, 4.69) is 67.8 Å². The van der Waals surface area contributed by atoms with E-state index in [1.807, 2.05) is 12.1 Å². The molecule has 0 atom stereocenters. The van der Waals surface area contributed by atoms with Crippen LogP contribution in [0.25, 0.3) is 0 Å². The van der Waals surface area contributed by atoms with Crippen LogP contribution in [0.15, 0.2) is 12.1 Å². The van der Waals surface area contributed by atoms with E-state index >= 15 is 0 Å². The van der Waals surface area contributed by atoms with Gasteiger partial charge < -0.3 is 10.0 Å². The highest BCUT2D eigenvalue weighted by Crippen LogP contribution is 2.30. The van der Waals surface area contributed by atoms with E-state index in [4.69, 9.17) is 5.11 Å². The van der Waals surface area contributed by atoms with Crippen molar-refractivity contribution >= 4 is 85.3 Å². The number of anilines is 1. The minimum atomic E-state index is -0.955. The average Bonchev–Trinajstić information content (AvgIpc) is 2.24. The zero-order valence-electron chi connectivity index (χ0n) is 9.41. The number of halogens is 3. The predicted octanol–water partition coefficient (Wildman–Crippen LogP) is 3.33. The molecular formula is C11H10I3NO3. The van der Waals surface area contributed by atoms with Crippen molar-refractivity contribution < 1.29 is 14.7 Å². The lowest BCUT2D eigenvalue weighted by atomic mass is 10.2. The van der Waals surface area contributed by atoms with Gasteiger partial charge in [0.25, 0.3) is 0 Å². The van der Waals surface area contributed by atoms with Crippen molar-refractivity contribution in [1.29, 1.82) is 0 Å². The zero-order chi connectivity index (χ0) is 13.9. The van der Waals surface area contributed by atoms with Gasteiger partial charge in [0.2, 0.25) is 5.91 Å². The molecule has 1 aromatic rings. The summed E-state index contributed by atoms with van der Waals surface area (Å²) in [5.41, 5.74) is 0.840. The smallest absolute Gasteiger partial charge is 0.303 e. The molecule has 0 heterocycles. The summed E-state index contributed by atoms with van der Waals surface area (Å²) in [5, 5.41) is 8.59. The van der Waals surface area contributed by atoms with Gasteiger partial charge in [0.1, 0.15) is 0 Å². The first-order valence-electron chi connectivity index (χ1n) is 4.96. The zero-order valence-corrected chi connectivity index (χ0v) is 15.9. The second-order valence-corrected chi connectivity index (χ2v) is 7.13. The quantitative estimate of drug-likeness (QED) is 0.553. The van der Waals surface area contributed by atoms with Crippen LogP contribution in [-0.4, -0.2) is 24.0 Å². The van der Waals surface area contributed by atoms with Crippen molar-refractivity contribution in [2.75, 3.05) is 11.9 Å². The van der Waals surface area contributed by atoms with Crippen LogP contribution in [0.4, 0.5) is 5.69 Å². The maximum Gasteiger partial charge on any atom is 0.303 e. The summed E-state index contributed by atoms with van der Waals surface area (Å²) in [6.07, 6.45) is -0.120. The predicted molar refractivity (Wildman–Crippen MR) is 94.9 cm³/mol. The van der Waals surface area contributed by atoms with Crippen molar-refractivity contribution in [3.63, 3.8) is 0 Å². The van der Waals surface area contributed by atoms with E-state index in [1.54, 1.807) is 7.05 Å². The molecule has 0 aliphatic rings. The third-order valence-corrected chi connectivity index (χ3v) is 4.51. The highest BCUT2D eigenvalue weighted by atomic mass is 127. The van der Waals surface area contributed by atoms with Crippen molar-refractivity contribution in [1.82, 2.24) is 0 Å². The lowest BCUT2D eigenvalue weighted by Crippen LogP contribution is -2.28. The van der Waals surface area contributed by atoms with Crippen LogP contribution < -0.4 is 4.90 Å². The van der Waals surface area contributed by atoms with Crippen LogP contribution in [0.2, 0.25) is 0 Å². The fourth-order valence-electron chi connectivity index (χ4n) is 1.36. The number of carbonyl (C=O) groups is 2. The summed E-state index contributed by atoms with van der Waals surface area (Å²) in [4.78, 5) is 23.9. The van der Waals surface area contributed by atoms with Crippen molar-refractivity contribution in [3.8, 4) is 0 Å². The van der Waals surface area contributed by atoms with Crippen LogP contribution in [0.5, 0.6) is 0 Å². The maximum absolute atomic E-state index is 11.9. The first kappa shape index (κ1) is 16.4. The molecule has 98 valence electrons. The number of hydrogen-bond acceptors (Lipinski definition) is 2. The Morgan fingerprint density at radius 1 is 1.17 bits per heavy atom. The third kappa shape index (κ3) is 4.47. The number of rotatable bonds is 4. The van der Waals surface area contributed by atoms with Crippen LogP contribution >= 0.6 is 67.8 Å². The van der Waals surface area contributed by atoms with E-state index in [-0.39, 0.29) is 18.7 Å². The number of hydrogen-bond donors (Lipinski definition) is 1. The highest BCUT2D eigenvalue weighted by Gasteiger charge is 2.17. The molecule has 0 aliphatic heterocycles. The molecule has 0 bridgehead atoms. The molecular weight excluding hydrogens is 575 g/mol. The molecule has 1 aromatic carbocycles. The summed E-state index contributed by atoms with van der Waals surface area (Å²) >= 11 is 6.59. The molecule has 0 spiro atoms. The molecule has 1 amide bonds. The Bertz CT molecular complexity index is 467. The molecule has 0 unspecified atom stereocenters. The largest absolute Gasteiger partial charge is 0.481 e. The van der Waals surface area contributed by atoms with Crippen LogP contribution in [0.1, 0.15) is 12.8 Å². The molecule has 0 saturated carbocycles. The molecule has 7 heteroatoms. The van der Waals surface area contributed by atoms with Gasteiger partial charge in [-0.25, -0.2) is 0 Å². The summed E-state index contributed by atoms with van der Waals surface area (Å²) in [6, 6.07) is 3.97. The van der Waals surface area contributed by atoms with Gasteiger partial charge >= 0.3 is 5.97 Å². The Morgan fingerprint density at radius 3 is 2.11 bits per heavy atom. The fourth-order valence-corrected chi connectivity index (χ4v) is 5.67. The molecule has 0 saturated heterocycles. The molecule has 18 heavy (non-hydrogen) atoms. The second-order valence-electron chi connectivity index (χ2n) is 3.56. The van der Waals surface area contributed by atoms with E-state index in [1.165, 1.54) is 4.90 Å². The minimum absolute atomic E-state index is 0.0178. The van der Waals surface area contributed by atoms with Crippen LogP contribution in [-0.2, 0) is 9.59 Å². The summed E-state index contributed by atoms with van der Waals surface area (Å²) in [7, 11) is 1.68. The van der Waals surface area contributed by atoms with Gasteiger partial charge in [0, 0.05) is 24.2 Å². The van der Waals surface area contributed by atoms with E-state index in [0.717, 1.165) is 16.4 Å². The standard InChI is InChI=1S/C11H10I3NO3/c1-15(9(16)2-3-10(17)18)11-7(13)4-6(12)5-8(11)14/h4-5H,2-3H2,1H3,(H,17,18). The third-order valence-electron chi connectivity index (χ3n) is 2.24. The van der Waals surface area contributed by atoms with Crippen LogP contribution in [0.3, 0.4) is 0 Å². The maximum atomic E-state index is 11.9. The molecule has 1 N–H and O–H groups in total. The lowest BCUT2D eigenvalue weighted by molar-refractivity contribution is -0.138. The lowest BCUT2D eigenvalue weighted by Gasteiger charge is -2.20. The number of carbonyl (C=O) groups excluding carboxylic acids is 1. The number of nitrogens with zero attached hydrogens (tertiary/aromatic N) is 1. The number of amides is 1. The molecule has 0 radical (unpaired) electrons. The molecule has 0 aliphatic carbocycles. The number of benzene rings is 1. The van der Waals surface area contributed by atoms with Gasteiger partial charge in [-0.15, -0.1) is 0 Å². The Kier molecular flexibility index (Phi) is 6.58. The fraction of sp³-hybridized carbons (Fsp3) is 0.273. The van der Waals surface area contributed by atoms with E-state index < -0.39 is 5.97 Å². The highest BCUT2D eigenvalue weighted by molar-refractivity contribution is 14.1. The average molecular weight is 585 g/mol.